The van der Waals surface area contributed by atoms with E-state index < -0.39 is 6.10 Å². The second-order valence-electron chi connectivity index (χ2n) is 8.85. The summed E-state index contributed by atoms with van der Waals surface area (Å²) in [4.78, 5) is 28.5. The van der Waals surface area contributed by atoms with E-state index in [1.807, 2.05) is 35.3 Å². The Morgan fingerprint density at radius 1 is 1.18 bits per heavy atom. The van der Waals surface area contributed by atoms with Crippen LogP contribution in [0.15, 0.2) is 36.7 Å². The van der Waals surface area contributed by atoms with Gasteiger partial charge in [0.05, 0.1) is 7.11 Å². The fourth-order valence-corrected chi connectivity index (χ4v) is 7.43. The number of benzene rings is 1. The molecule has 0 unspecified atom stereocenters. The minimum atomic E-state index is -0.449. The number of ketones is 1. The van der Waals surface area contributed by atoms with Crippen LogP contribution < -0.4 is 4.74 Å². The molecule has 1 aliphatic rings. The SMILES string of the molecule is CCCC[C@@H]1[C@@H](OC(C)=O)CC(=O)C[C@@H](c2ccc(O)c(OC)c2)CSSC[C@H]1c1cc[nH]c1. The first-order valence-corrected chi connectivity index (χ1v) is 14.3. The topological polar surface area (TPSA) is 88.6 Å². The molecule has 2 heterocycles. The third-order valence-electron chi connectivity index (χ3n) is 6.43. The van der Waals surface area contributed by atoms with E-state index in [9.17, 15) is 14.7 Å². The number of carbonyl (C=O) groups is 2. The highest BCUT2D eigenvalue weighted by atomic mass is 33.1. The van der Waals surface area contributed by atoms with Crippen molar-refractivity contribution in [3.05, 3.63) is 47.8 Å². The van der Waals surface area contributed by atoms with Gasteiger partial charge in [-0.2, -0.15) is 0 Å². The molecule has 1 aliphatic heterocycles. The number of hydrogen-bond acceptors (Lipinski definition) is 7. The molecule has 0 saturated carbocycles. The fourth-order valence-electron chi connectivity index (χ4n) is 4.67. The lowest BCUT2D eigenvalue weighted by Crippen LogP contribution is -2.34. The summed E-state index contributed by atoms with van der Waals surface area (Å²) >= 11 is 0. The largest absolute Gasteiger partial charge is 0.504 e. The summed E-state index contributed by atoms with van der Waals surface area (Å²) < 4.78 is 11.1. The molecule has 1 aromatic carbocycles. The van der Waals surface area contributed by atoms with Crippen LogP contribution in [0.1, 0.15) is 68.9 Å². The highest BCUT2D eigenvalue weighted by Gasteiger charge is 2.35. The number of aromatic hydroxyl groups is 1. The molecule has 1 aromatic heterocycles. The number of H-pyrrole nitrogens is 1. The molecule has 2 aromatic rings. The number of phenols is 1. The van der Waals surface area contributed by atoms with Gasteiger partial charge in [0.15, 0.2) is 11.5 Å². The number of rotatable bonds is 7. The number of aromatic nitrogens is 1. The molecule has 1 saturated heterocycles. The van der Waals surface area contributed by atoms with Gasteiger partial charge in [0.2, 0.25) is 0 Å². The lowest BCUT2D eigenvalue weighted by molar-refractivity contribution is -0.151. The molecule has 2 N–H and O–H groups in total. The van der Waals surface area contributed by atoms with Gasteiger partial charge >= 0.3 is 5.97 Å². The fraction of sp³-hybridized carbons (Fsp3) is 0.538. The number of hydrogen-bond donors (Lipinski definition) is 2. The maximum atomic E-state index is 13.3. The average Bonchev–Trinajstić information content (AvgIpc) is 3.33. The first-order chi connectivity index (χ1) is 16.4. The van der Waals surface area contributed by atoms with Crippen molar-refractivity contribution in [2.45, 2.75) is 63.9 Å². The molecule has 34 heavy (non-hydrogen) atoms. The Labute approximate surface area is 210 Å². The van der Waals surface area contributed by atoms with E-state index in [0.717, 1.165) is 36.3 Å². The normalized spacial score (nSPS) is 24.3. The van der Waals surface area contributed by atoms with Gasteiger partial charge in [-0.25, -0.2) is 0 Å². The standard InChI is InChI=1S/C26H35NO5S2/c1-4-5-6-22-23(19-9-10-27-14-19)16-34-33-15-20(11-21(29)13-25(22)32-17(2)28)18-7-8-24(30)26(12-18)31-3/h7-10,12,14,20,22-23,25,27,30H,4-6,11,13,15-16H2,1-3H3/t20-,22+,23+,25+/m1/s1. The van der Waals surface area contributed by atoms with Crippen molar-refractivity contribution < 1.29 is 24.2 Å². The van der Waals surface area contributed by atoms with Crippen molar-refractivity contribution in [1.82, 2.24) is 4.98 Å². The van der Waals surface area contributed by atoms with Crippen molar-refractivity contribution >= 4 is 33.3 Å². The van der Waals surface area contributed by atoms with Gasteiger partial charge in [-0.3, -0.25) is 9.59 Å². The van der Waals surface area contributed by atoms with Crippen LogP contribution in [0, 0.1) is 5.92 Å². The zero-order chi connectivity index (χ0) is 24.5. The van der Waals surface area contributed by atoms with E-state index in [1.165, 1.54) is 19.6 Å². The molecule has 0 amide bonds. The van der Waals surface area contributed by atoms with Gasteiger partial charge in [0, 0.05) is 61.4 Å². The molecule has 3 rings (SSSR count). The van der Waals surface area contributed by atoms with E-state index >= 15 is 0 Å². The molecule has 4 atom stereocenters. The second-order valence-corrected chi connectivity index (χ2v) is 11.4. The quantitative estimate of drug-likeness (QED) is 0.348. The maximum Gasteiger partial charge on any atom is 0.302 e. The number of nitrogens with one attached hydrogen (secondary N) is 1. The van der Waals surface area contributed by atoms with Gasteiger partial charge in [-0.05, 0) is 35.7 Å². The minimum Gasteiger partial charge on any atom is -0.504 e. The van der Waals surface area contributed by atoms with Crippen LogP contribution in [-0.2, 0) is 14.3 Å². The first-order valence-electron chi connectivity index (χ1n) is 11.9. The van der Waals surface area contributed by atoms with E-state index in [2.05, 4.69) is 18.0 Å². The highest BCUT2D eigenvalue weighted by Crippen LogP contribution is 2.42. The first kappa shape index (κ1) is 26.5. The number of unbranched alkanes of at least 4 members (excludes halogenated alkanes) is 1. The van der Waals surface area contributed by atoms with Crippen molar-refractivity contribution in [3.8, 4) is 11.5 Å². The predicted octanol–water partition coefficient (Wildman–Crippen LogP) is 6.08. The summed E-state index contributed by atoms with van der Waals surface area (Å²) in [6, 6.07) is 7.38. The van der Waals surface area contributed by atoms with E-state index in [1.54, 1.807) is 16.9 Å². The Morgan fingerprint density at radius 3 is 2.65 bits per heavy atom. The Balaban J connectivity index is 1.92. The van der Waals surface area contributed by atoms with Crippen LogP contribution in [0.25, 0.3) is 0 Å². The van der Waals surface area contributed by atoms with Crippen LogP contribution in [-0.4, -0.2) is 46.6 Å². The number of ether oxygens (including phenoxy) is 2. The van der Waals surface area contributed by atoms with Crippen LogP contribution in [0.4, 0.5) is 0 Å². The number of phenolic OH excluding ortho intramolecular Hbond substituents is 1. The minimum absolute atomic E-state index is 0.0182. The Bertz CT molecular complexity index is 933. The number of aromatic amines is 1. The van der Waals surface area contributed by atoms with Crippen LogP contribution in [0.5, 0.6) is 11.5 Å². The second kappa shape index (κ2) is 13.1. The summed E-state index contributed by atoms with van der Waals surface area (Å²) in [7, 11) is 5.10. The molecular formula is C26H35NO5S2. The molecule has 0 radical (unpaired) electrons. The van der Waals surface area contributed by atoms with E-state index in [-0.39, 0.29) is 41.7 Å². The summed E-state index contributed by atoms with van der Waals surface area (Å²) in [6.45, 7) is 3.58. The third-order valence-corrected chi connectivity index (χ3v) is 8.95. The van der Waals surface area contributed by atoms with Crippen LogP contribution >= 0.6 is 21.6 Å². The molecule has 8 heteroatoms. The average molecular weight is 506 g/mol. The zero-order valence-electron chi connectivity index (χ0n) is 20.1. The van der Waals surface area contributed by atoms with Crippen molar-refractivity contribution in [3.63, 3.8) is 0 Å². The lowest BCUT2D eigenvalue weighted by atomic mass is 9.79. The number of Topliss-reactive ketones (excluding diaryl/α,β-unsaturated/α-hetero) is 1. The van der Waals surface area contributed by atoms with E-state index in [4.69, 9.17) is 9.47 Å². The van der Waals surface area contributed by atoms with Crippen LogP contribution in [0.2, 0.25) is 0 Å². The van der Waals surface area contributed by atoms with Crippen molar-refractivity contribution in [1.29, 1.82) is 0 Å². The number of carbonyl (C=O) groups excluding carboxylic acids is 2. The predicted molar refractivity (Wildman–Crippen MR) is 139 cm³/mol. The van der Waals surface area contributed by atoms with Gasteiger partial charge in [-0.15, -0.1) is 0 Å². The van der Waals surface area contributed by atoms with Crippen molar-refractivity contribution in [2.75, 3.05) is 18.6 Å². The van der Waals surface area contributed by atoms with Crippen LogP contribution in [0.3, 0.4) is 0 Å². The smallest absolute Gasteiger partial charge is 0.302 e. The Hall–Kier alpha value is -2.06. The number of esters is 1. The van der Waals surface area contributed by atoms with Gasteiger partial charge < -0.3 is 19.6 Å². The summed E-state index contributed by atoms with van der Waals surface area (Å²) in [5.74, 6) is 2.10. The maximum absolute atomic E-state index is 13.3. The lowest BCUT2D eigenvalue weighted by Gasteiger charge is -2.33. The van der Waals surface area contributed by atoms with Gasteiger partial charge in [0.1, 0.15) is 11.9 Å². The highest BCUT2D eigenvalue weighted by molar-refractivity contribution is 8.76. The molecule has 0 spiro atoms. The molecule has 0 aliphatic carbocycles. The number of methoxy groups -OCH3 is 1. The molecule has 6 nitrogen and oxygen atoms in total. The third kappa shape index (κ3) is 7.22. The molecule has 186 valence electrons. The molecule has 0 bridgehead atoms. The van der Waals surface area contributed by atoms with E-state index in [0.29, 0.717) is 12.2 Å². The molecule has 1 fully saturated rings. The summed E-state index contributed by atoms with van der Waals surface area (Å²) in [5, 5.41) is 9.99. The monoisotopic (exact) mass is 505 g/mol. The summed E-state index contributed by atoms with van der Waals surface area (Å²) in [5.41, 5.74) is 2.15. The molecular weight excluding hydrogens is 470 g/mol. The van der Waals surface area contributed by atoms with Gasteiger partial charge in [0.25, 0.3) is 0 Å². The van der Waals surface area contributed by atoms with Gasteiger partial charge in [-0.1, -0.05) is 47.4 Å². The summed E-state index contributed by atoms with van der Waals surface area (Å²) in [6.07, 6.45) is 7.04. The zero-order valence-corrected chi connectivity index (χ0v) is 21.8. The Kier molecular flexibility index (Phi) is 10.3. The Morgan fingerprint density at radius 2 is 1.97 bits per heavy atom. The van der Waals surface area contributed by atoms with Crippen molar-refractivity contribution in [2.24, 2.45) is 5.92 Å².